The van der Waals surface area contributed by atoms with Gasteiger partial charge in [0.1, 0.15) is 46.7 Å². The van der Waals surface area contributed by atoms with E-state index in [2.05, 4.69) is 15.0 Å². The number of carbonyl (C=O) groups excluding carboxylic acids is 1. The Morgan fingerprint density at radius 1 is 0.562 bits per heavy atom. The third-order valence-electron chi connectivity index (χ3n) is 9.95. The number of benzene rings is 3. The second-order valence-electron chi connectivity index (χ2n) is 14.7. The van der Waals surface area contributed by atoms with Gasteiger partial charge >= 0.3 is 18.4 Å². The molecule has 0 saturated carbocycles. The zero-order valence-corrected chi connectivity index (χ0v) is 34.6. The summed E-state index contributed by atoms with van der Waals surface area (Å²) < 4.78 is 72.3. The lowest BCUT2D eigenvalue weighted by Crippen LogP contribution is -2.43. The average molecular weight is 880 g/mol. The summed E-state index contributed by atoms with van der Waals surface area (Å²) in [4.78, 5) is 38.6. The molecule has 8 rings (SSSR count). The number of rotatable bonds is 11. The number of halogens is 3. The highest BCUT2D eigenvalue weighted by atomic mass is 19.4. The van der Waals surface area contributed by atoms with Gasteiger partial charge in [0.15, 0.2) is 0 Å². The van der Waals surface area contributed by atoms with Crippen molar-refractivity contribution in [2.75, 3.05) is 26.2 Å². The van der Waals surface area contributed by atoms with Gasteiger partial charge in [0, 0.05) is 88.7 Å². The van der Waals surface area contributed by atoms with E-state index in [0.29, 0.717) is 98.6 Å². The fourth-order valence-electron chi connectivity index (χ4n) is 6.51. The van der Waals surface area contributed by atoms with Gasteiger partial charge < -0.3 is 43.3 Å². The van der Waals surface area contributed by atoms with Crippen molar-refractivity contribution in [3.05, 3.63) is 145 Å². The number of aryl methyl sites for hydroxylation is 1. The minimum Gasteiger partial charge on any atom is -0.490 e. The number of ether oxygens (including phenoxy) is 6. The van der Waals surface area contributed by atoms with Crippen molar-refractivity contribution in [3.63, 3.8) is 0 Å². The van der Waals surface area contributed by atoms with Crippen LogP contribution in [0.4, 0.5) is 22.8 Å². The van der Waals surface area contributed by atoms with Gasteiger partial charge in [-0.05, 0) is 97.4 Å². The molecule has 2 saturated heterocycles. The van der Waals surface area contributed by atoms with E-state index in [0.717, 1.165) is 23.4 Å². The molecule has 6 aromatic rings. The normalized spacial score (nSPS) is 14.4. The predicted octanol–water partition coefficient (Wildman–Crippen LogP) is 10.8. The van der Waals surface area contributed by atoms with Crippen LogP contribution >= 0.6 is 0 Å². The highest BCUT2D eigenvalue weighted by molar-refractivity contribution is 5.71. The minimum absolute atomic E-state index is 0.0107. The number of alkyl halides is 3. The second-order valence-corrected chi connectivity index (χ2v) is 14.7. The number of nitrogens with zero attached hydrogens (tertiary/aromatic N) is 5. The molecule has 3 aromatic carbocycles. The molecule has 0 radical (unpaired) electrons. The van der Waals surface area contributed by atoms with Gasteiger partial charge in [0.05, 0.1) is 5.56 Å². The van der Waals surface area contributed by atoms with Crippen molar-refractivity contribution < 1.29 is 56.3 Å². The van der Waals surface area contributed by atoms with Crippen LogP contribution in [-0.2, 0) is 6.18 Å². The maximum absolute atomic E-state index is 12.7. The number of carboxylic acid groups (broad SMARTS) is 1. The lowest BCUT2D eigenvalue weighted by molar-refractivity contribution is -0.137. The van der Waals surface area contributed by atoms with Crippen LogP contribution in [0.3, 0.4) is 0 Å². The van der Waals surface area contributed by atoms with Gasteiger partial charge in [-0.3, -0.25) is 0 Å². The van der Waals surface area contributed by atoms with Crippen molar-refractivity contribution in [3.8, 4) is 52.1 Å². The van der Waals surface area contributed by atoms with Gasteiger partial charge in [0.2, 0.25) is 17.6 Å². The molecule has 0 atom stereocenters. The Balaban J connectivity index is 0.000000217. The van der Waals surface area contributed by atoms with Crippen molar-refractivity contribution in [2.45, 2.75) is 51.0 Å². The van der Waals surface area contributed by atoms with Crippen molar-refractivity contribution in [2.24, 2.45) is 0 Å². The molecule has 2 aliphatic heterocycles. The Labute approximate surface area is 366 Å². The maximum atomic E-state index is 12.7. The lowest BCUT2D eigenvalue weighted by atomic mass is 10.1. The average Bonchev–Trinajstić information content (AvgIpc) is 3.30. The fourth-order valence-corrected chi connectivity index (χ4v) is 6.51. The highest BCUT2D eigenvalue weighted by Crippen LogP contribution is 2.31. The van der Waals surface area contributed by atoms with Crippen LogP contribution in [0.2, 0.25) is 0 Å². The van der Waals surface area contributed by atoms with Crippen molar-refractivity contribution in [1.82, 2.24) is 24.8 Å². The molecule has 64 heavy (non-hydrogen) atoms. The molecule has 1 N–H and O–H groups in total. The van der Waals surface area contributed by atoms with Crippen LogP contribution in [0.15, 0.2) is 134 Å². The molecule has 0 aliphatic carbocycles. The van der Waals surface area contributed by atoms with Gasteiger partial charge in [-0.1, -0.05) is 12.1 Å². The zero-order chi connectivity index (χ0) is 44.9. The molecule has 17 heteroatoms. The molecule has 2 aliphatic rings. The molecular formula is C47H44F3N5O9. The van der Waals surface area contributed by atoms with Crippen LogP contribution in [-0.4, -0.2) is 80.4 Å². The Morgan fingerprint density at radius 3 is 1.44 bits per heavy atom. The molecule has 3 aromatic heterocycles. The van der Waals surface area contributed by atoms with Gasteiger partial charge in [0.25, 0.3) is 0 Å². The molecule has 5 heterocycles. The zero-order valence-electron chi connectivity index (χ0n) is 34.6. The Kier molecular flexibility index (Phi) is 14.6. The molecule has 0 bridgehead atoms. The number of carbonyl (C=O) groups is 2. The van der Waals surface area contributed by atoms with Gasteiger partial charge in [-0.2, -0.15) is 13.2 Å². The summed E-state index contributed by atoms with van der Waals surface area (Å²) in [5.41, 5.74) is 0.221. The van der Waals surface area contributed by atoms with E-state index in [-0.39, 0.29) is 18.1 Å². The van der Waals surface area contributed by atoms with E-state index >= 15 is 0 Å². The smallest absolute Gasteiger partial charge is 0.417 e. The van der Waals surface area contributed by atoms with Crippen molar-refractivity contribution >= 4 is 12.2 Å². The minimum atomic E-state index is -4.47. The first kappa shape index (κ1) is 44.5. The molecule has 0 unspecified atom stereocenters. The van der Waals surface area contributed by atoms with Crippen LogP contribution in [0.5, 0.6) is 52.1 Å². The first-order valence-corrected chi connectivity index (χ1v) is 20.4. The molecule has 332 valence electrons. The van der Waals surface area contributed by atoms with Gasteiger partial charge in [-0.15, -0.1) is 0 Å². The second kappa shape index (κ2) is 21.0. The monoisotopic (exact) mass is 879 g/mol. The summed E-state index contributed by atoms with van der Waals surface area (Å²) in [5, 5.41) is 8.95. The van der Waals surface area contributed by atoms with E-state index < -0.39 is 23.9 Å². The van der Waals surface area contributed by atoms with Crippen LogP contribution in [0.1, 0.15) is 36.8 Å². The van der Waals surface area contributed by atoms with Crippen LogP contribution < -0.4 is 28.4 Å². The number of piperidine rings is 2. The maximum Gasteiger partial charge on any atom is 0.417 e. The quantitative estimate of drug-likeness (QED) is 0.132. The number of hydrogen-bond acceptors (Lipinski definition) is 11. The molecule has 0 spiro atoms. The fraction of sp³-hybridized carbons (Fsp3) is 0.255. The largest absolute Gasteiger partial charge is 0.490 e. The standard InChI is InChI=1S/C29H24F3N3O5.C18H20N2O4/c30-29(31,32)20-4-13-27(34-19-20)39-23-9-11-24(12-10-23)40-28(36)35-17-14-25(15-18-35)37-21-5-7-22(8-6-21)38-26-3-1-2-16-33-26;1-13-2-7-17(19-12-13)24-15-5-3-14(4-6-15)23-16-8-10-20(11-9-16)18(21)22/h1-13,16,19,25H,14-15,17-18H2;2-7,12,16H,8-11H2,1H3,(H,21,22). The summed E-state index contributed by atoms with van der Waals surface area (Å²) in [5.74, 6) is 4.53. The SMILES string of the molecule is Cc1ccc(Oc2ccc(OC3CCN(C(=O)O)CC3)cc2)nc1.O=C(Oc1ccc(Oc2ccc(C(F)(F)F)cn2)cc1)N1CCC(Oc2ccc(Oc3ccccn3)cc2)CC1. The topological polar surface area (TPSA) is 155 Å². The van der Waals surface area contributed by atoms with E-state index in [9.17, 15) is 22.8 Å². The Hall–Kier alpha value is -7.56. The van der Waals surface area contributed by atoms with E-state index in [1.165, 1.54) is 29.2 Å². The number of likely N-dealkylation sites (tertiary alicyclic amines) is 2. The van der Waals surface area contributed by atoms with Crippen LogP contribution in [0.25, 0.3) is 0 Å². The van der Waals surface area contributed by atoms with Crippen LogP contribution in [0, 0.1) is 6.92 Å². The van der Waals surface area contributed by atoms with E-state index in [1.54, 1.807) is 23.4 Å². The predicted molar refractivity (Wildman–Crippen MR) is 226 cm³/mol. The molecular weight excluding hydrogens is 836 g/mol. The number of hydrogen-bond donors (Lipinski definition) is 1. The first-order valence-electron chi connectivity index (χ1n) is 20.4. The third-order valence-corrected chi connectivity index (χ3v) is 9.95. The summed E-state index contributed by atoms with van der Waals surface area (Å²) in [6, 6.07) is 32.1. The van der Waals surface area contributed by atoms with E-state index in [4.69, 9.17) is 33.5 Å². The summed E-state index contributed by atoms with van der Waals surface area (Å²) >= 11 is 0. The highest BCUT2D eigenvalue weighted by Gasteiger charge is 2.31. The number of amides is 2. The number of aromatic nitrogens is 3. The number of pyridine rings is 3. The summed E-state index contributed by atoms with van der Waals surface area (Å²) in [6.45, 7) is 3.96. The third kappa shape index (κ3) is 13.2. The van der Waals surface area contributed by atoms with Gasteiger partial charge in [-0.25, -0.2) is 24.5 Å². The summed E-state index contributed by atoms with van der Waals surface area (Å²) in [6.07, 6.45) is 1.03. The summed E-state index contributed by atoms with van der Waals surface area (Å²) in [7, 11) is 0. The molecule has 2 amide bonds. The first-order chi connectivity index (χ1) is 30.9. The molecule has 2 fully saturated rings. The Bertz CT molecular complexity index is 2390. The Morgan fingerprint density at radius 2 is 1.02 bits per heavy atom. The van der Waals surface area contributed by atoms with Crippen molar-refractivity contribution in [1.29, 1.82) is 0 Å². The molecule has 14 nitrogen and oxygen atoms in total. The van der Waals surface area contributed by atoms with E-state index in [1.807, 2.05) is 79.7 Å². The lowest BCUT2D eigenvalue weighted by Gasteiger charge is -2.31.